The zero-order valence-electron chi connectivity index (χ0n) is 7.50. The van der Waals surface area contributed by atoms with Gasteiger partial charge in [-0.25, -0.2) is 4.98 Å². The highest BCUT2D eigenvalue weighted by Gasteiger charge is 2.22. The number of aromatic nitrogens is 1. The molecule has 0 saturated carbocycles. The molecule has 1 aromatic heterocycles. The lowest BCUT2D eigenvalue weighted by atomic mass is 10.2. The Hall–Kier alpha value is -0.0600. The lowest BCUT2D eigenvalue weighted by molar-refractivity contribution is 0.277. The summed E-state index contributed by atoms with van der Waals surface area (Å²) < 4.78 is 0.0675. The number of thiazole rings is 1. The molecule has 1 heterocycles. The second-order valence-corrected chi connectivity index (χ2v) is 5.30. The van der Waals surface area contributed by atoms with Gasteiger partial charge in [0, 0.05) is 5.38 Å². The van der Waals surface area contributed by atoms with E-state index < -0.39 is 0 Å². The van der Waals surface area contributed by atoms with Crippen molar-refractivity contribution in [3.63, 3.8) is 0 Å². The molecule has 0 saturated heterocycles. The van der Waals surface area contributed by atoms with E-state index in [0.29, 0.717) is 0 Å². The molecule has 2 nitrogen and oxygen atoms in total. The summed E-state index contributed by atoms with van der Waals surface area (Å²) in [6.07, 6.45) is 2.07. The predicted octanol–water partition coefficient (Wildman–Crippen LogP) is 2.23. The third kappa shape index (κ3) is 2.00. The number of nitrogens with zero attached hydrogens (tertiary/aromatic N) is 1. The van der Waals surface area contributed by atoms with Crippen LogP contribution in [0.4, 0.5) is 0 Å². The summed E-state index contributed by atoms with van der Waals surface area (Å²) in [7, 11) is 0. The summed E-state index contributed by atoms with van der Waals surface area (Å²) in [5, 5.41) is 11.8. The molecule has 0 aliphatic rings. The van der Waals surface area contributed by atoms with Crippen LogP contribution in [0.25, 0.3) is 0 Å². The quantitative estimate of drug-likeness (QED) is 0.818. The Balaban J connectivity index is 2.88. The predicted molar refractivity (Wildman–Crippen MR) is 54.6 cm³/mol. The minimum absolute atomic E-state index is 0.0426. The summed E-state index contributed by atoms with van der Waals surface area (Å²) >= 11 is 3.38. The molecule has 1 N–H and O–H groups in total. The highest BCUT2D eigenvalue weighted by atomic mass is 32.2. The largest absolute Gasteiger partial charge is 0.390 e. The summed E-state index contributed by atoms with van der Waals surface area (Å²) in [6.45, 7) is 4.32. The van der Waals surface area contributed by atoms with Crippen LogP contribution in [-0.4, -0.2) is 16.3 Å². The van der Waals surface area contributed by atoms with Gasteiger partial charge in [0.15, 0.2) is 0 Å². The fourth-order valence-electron chi connectivity index (χ4n) is 0.743. The van der Waals surface area contributed by atoms with Crippen molar-refractivity contribution < 1.29 is 5.11 Å². The maximum absolute atomic E-state index is 8.83. The van der Waals surface area contributed by atoms with E-state index in [-0.39, 0.29) is 11.4 Å². The molecule has 1 rings (SSSR count). The first-order valence-corrected chi connectivity index (χ1v) is 5.81. The topological polar surface area (TPSA) is 33.1 Å². The highest BCUT2D eigenvalue weighted by molar-refractivity contribution is 7.99. The molecule has 1 aromatic rings. The summed E-state index contributed by atoms with van der Waals surface area (Å²) in [5.74, 6) is 0. The molecule has 0 aliphatic carbocycles. The lowest BCUT2D eigenvalue weighted by Gasteiger charge is -2.18. The molecule has 0 bridgehead atoms. The van der Waals surface area contributed by atoms with E-state index in [0.717, 1.165) is 10.7 Å². The van der Waals surface area contributed by atoms with Gasteiger partial charge >= 0.3 is 0 Å². The van der Waals surface area contributed by atoms with E-state index >= 15 is 0 Å². The van der Waals surface area contributed by atoms with E-state index in [9.17, 15) is 0 Å². The molecular weight excluding hydrogens is 190 g/mol. The molecule has 0 amide bonds. The Morgan fingerprint density at radius 2 is 2.33 bits per heavy atom. The van der Waals surface area contributed by atoms with Crippen molar-refractivity contribution >= 4 is 23.1 Å². The van der Waals surface area contributed by atoms with Crippen LogP contribution in [0.2, 0.25) is 0 Å². The monoisotopic (exact) mass is 203 g/mol. The van der Waals surface area contributed by atoms with E-state index in [2.05, 4.69) is 25.1 Å². The standard InChI is InChI=1S/C8H13NOS2/c1-8(2,11-3)7-9-6(4-10)5-12-7/h5,10H,4H2,1-3H3. The van der Waals surface area contributed by atoms with Gasteiger partial charge in [0.05, 0.1) is 17.0 Å². The van der Waals surface area contributed by atoms with E-state index in [4.69, 9.17) is 5.11 Å². The van der Waals surface area contributed by atoms with Gasteiger partial charge in [-0.3, -0.25) is 0 Å². The third-order valence-corrected chi connectivity index (χ3v) is 4.30. The van der Waals surface area contributed by atoms with Crippen molar-refractivity contribution in [2.75, 3.05) is 6.26 Å². The molecule has 68 valence electrons. The number of thioether (sulfide) groups is 1. The summed E-state index contributed by atoms with van der Waals surface area (Å²) in [6, 6.07) is 0. The fourth-order valence-corrected chi connectivity index (χ4v) is 2.19. The molecule has 0 aliphatic heterocycles. The van der Waals surface area contributed by atoms with Crippen LogP contribution in [-0.2, 0) is 11.4 Å². The van der Waals surface area contributed by atoms with Crippen molar-refractivity contribution in [1.29, 1.82) is 0 Å². The normalized spacial score (nSPS) is 12.0. The number of aliphatic hydroxyl groups excluding tert-OH is 1. The van der Waals surface area contributed by atoms with Crippen LogP contribution in [0.15, 0.2) is 5.38 Å². The first kappa shape index (κ1) is 10.0. The van der Waals surface area contributed by atoms with Crippen molar-refractivity contribution in [2.45, 2.75) is 25.2 Å². The van der Waals surface area contributed by atoms with Gasteiger partial charge in [-0.1, -0.05) is 0 Å². The molecular formula is C8H13NOS2. The van der Waals surface area contributed by atoms with Gasteiger partial charge in [-0.2, -0.15) is 11.8 Å². The Morgan fingerprint density at radius 3 is 2.75 bits per heavy atom. The van der Waals surface area contributed by atoms with Crippen LogP contribution >= 0.6 is 23.1 Å². The molecule has 0 unspecified atom stereocenters. The highest BCUT2D eigenvalue weighted by Crippen LogP contribution is 2.35. The van der Waals surface area contributed by atoms with Crippen LogP contribution in [0.3, 0.4) is 0 Å². The number of hydrogen-bond acceptors (Lipinski definition) is 4. The van der Waals surface area contributed by atoms with Crippen LogP contribution in [0.1, 0.15) is 24.5 Å². The van der Waals surface area contributed by atoms with Gasteiger partial charge in [0.1, 0.15) is 5.01 Å². The maximum atomic E-state index is 8.83. The molecule has 12 heavy (non-hydrogen) atoms. The minimum atomic E-state index is 0.0426. The van der Waals surface area contributed by atoms with Crippen LogP contribution in [0, 0.1) is 0 Å². The zero-order chi connectivity index (χ0) is 9.19. The first-order chi connectivity index (χ1) is 5.60. The van der Waals surface area contributed by atoms with Crippen molar-refractivity contribution in [1.82, 2.24) is 4.98 Å². The second kappa shape index (κ2) is 3.77. The SMILES string of the molecule is CSC(C)(C)c1nc(CO)cs1. The molecule has 0 spiro atoms. The van der Waals surface area contributed by atoms with Crippen LogP contribution in [0.5, 0.6) is 0 Å². The van der Waals surface area contributed by atoms with E-state index in [1.165, 1.54) is 0 Å². The first-order valence-electron chi connectivity index (χ1n) is 3.71. The fraction of sp³-hybridized carbons (Fsp3) is 0.625. The average molecular weight is 203 g/mol. The third-order valence-electron chi connectivity index (χ3n) is 1.74. The maximum Gasteiger partial charge on any atom is 0.108 e. The summed E-state index contributed by atoms with van der Waals surface area (Å²) in [4.78, 5) is 4.32. The Bertz CT molecular complexity index is 257. The number of hydrogen-bond donors (Lipinski definition) is 1. The van der Waals surface area contributed by atoms with E-state index in [1.54, 1.807) is 23.1 Å². The minimum Gasteiger partial charge on any atom is -0.390 e. The second-order valence-electron chi connectivity index (χ2n) is 3.02. The Morgan fingerprint density at radius 1 is 1.67 bits per heavy atom. The molecule has 0 aromatic carbocycles. The molecule has 0 fully saturated rings. The van der Waals surface area contributed by atoms with Gasteiger partial charge < -0.3 is 5.11 Å². The van der Waals surface area contributed by atoms with Gasteiger partial charge in [0.2, 0.25) is 0 Å². The number of rotatable bonds is 3. The van der Waals surface area contributed by atoms with Gasteiger partial charge in [-0.15, -0.1) is 11.3 Å². The lowest BCUT2D eigenvalue weighted by Crippen LogP contribution is -2.10. The van der Waals surface area contributed by atoms with Crippen molar-refractivity contribution in [3.8, 4) is 0 Å². The molecule has 0 atom stereocenters. The van der Waals surface area contributed by atoms with Gasteiger partial charge in [-0.05, 0) is 20.1 Å². The smallest absolute Gasteiger partial charge is 0.108 e. The number of aliphatic hydroxyl groups is 1. The van der Waals surface area contributed by atoms with E-state index in [1.807, 2.05) is 5.38 Å². The molecule has 0 radical (unpaired) electrons. The van der Waals surface area contributed by atoms with Crippen molar-refractivity contribution in [2.24, 2.45) is 0 Å². The Kier molecular flexibility index (Phi) is 3.15. The van der Waals surface area contributed by atoms with Crippen LogP contribution < -0.4 is 0 Å². The van der Waals surface area contributed by atoms with Gasteiger partial charge in [0.25, 0.3) is 0 Å². The Labute approximate surface area is 81.0 Å². The van der Waals surface area contributed by atoms with Crippen molar-refractivity contribution in [3.05, 3.63) is 16.1 Å². The zero-order valence-corrected chi connectivity index (χ0v) is 9.13. The average Bonchev–Trinajstić information content (AvgIpc) is 2.52. The molecule has 4 heteroatoms. The summed E-state index contributed by atoms with van der Waals surface area (Å²) in [5.41, 5.74) is 0.775.